The molecule has 2 N–H and O–H groups in total. The standard InChI is InChI=1S/C23H27NO/c1-24(22-16-9-4-10-17-22)19-11-18-23(25,20-12-5-2-6-13-20)21-14-7-3-8-15-21/h2-3,5-8,12-15,22,25H,4,9-10,16-17,19H2,1H3/p+1. The molecule has 0 spiro atoms. The van der Waals surface area contributed by atoms with Crippen molar-refractivity contribution in [2.24, 2.45) is 0 Å². The Morgan fingerprint density at radius 3 is 1.96 bits per heavy atom. The third-order valence-corrected chi connectivity index (χ3v) is 5.32. The summed E-state index contributed by atoms with van der Waals surface area (Å²) in [6.45, 7) is 0.770. The summed E-state index contributed by atoms with van der Waals surface area (Å²) in [4.78, 5) is 1.47. The molecule has 1 aliphatic rings. The van der Waals surface area contributed by atoms with Crippen LogP contribution in [-0.4, -0.2) is 24.7 Å². The van der Waals surface area contributed by atoms with Crippen molar-refractivity contribution in [2.45, 2.75) is 43.7 Å². The number of quaternary nitrogens is 1. The molecule has 2 aromatic rings. The number of hydrogen-bond donors (Lipinski definition) is 2. The molecular weight excluding hydrogens is 306 g/mol. The van der Waals surface area contributed by atoms with Crippen molar-refractivity contribution in [3.05, 3.63) is 71.8 Å². The molecule has 0 amide bonds. The molecule has 0 aliphatic heterocycles. The maximum atomic E-state index is 11.4. The SMILES string of the molecule is C[NH+](CC#CC(O)(c1ccccc1)c1ccccc1)C1CCCCC1. The zero-order valence-corrected chi connectivity index (χ0v) is 15.0. The maximum Gasteiger partial charge on any atom is 0.177 e. The summed E-state index contributed by atoms with van der Waals surface area (Å²) in [6.07, 6.45) is 6.66. The Morgan fingerprint density at radius 1 is 0.920 bits per heavy atom. The van der Waals surface area contributed by atoms with E-state index in [9.17, 15) is 5.11 Å². The molecule has 0 heterocycles. The second-order valence-corrected chi connectivity index (χ2v) is 7.10. The van der Waals surface area contributed by atoms with Gasteiger partial charge >= 0.3 is 0 Å². The molecule has 2 aromatic carbocycles. The van der Waals surface area contributed by atoms with Crippen LogP contribution in [-0.2, 0) is 5.60 Å². The van der Waals surface area contributed by atoms with Gasteiger partial charge in [0.15, 0.2) is 5.60 Å². The second-order valence-electron chi connectivity index (χ2n) is 7.10. The Hall–Kier alpha value is -2.08. The largest absolute Gasteiger partial charge is 0.369 e. The minimum atomic E-state index is -1.25. The van der Waals surface area contributed by atoms with E-state index in [2.05, 4.69) is 18.9 Å². The normalized spacial score (nSPS) is 16.7. The number of benzene rings is 2. The van der Waals surface area contributed by atoms with Crippen LogP contribution in [0.3, 0.4) is 0 Å². The van der Waals surface area contributed by atoms with Gasteiger partial charge in [0.05, 0.1) is 13.1 Å². The van der Waals surface area contributed by atoms with Crippen molar-refractivity contribution in [3.8, 4) is 11.8 Å². The summed E-state index contributed by atoms with van der Waals surface area (Å²) in [6, 6.07) is 20.2. The third-order valence-electron chi connectivity index (χ3n) is 5.32. The van der Waals surface area contributed by atoms with Gasteiger partial charge in [-0.2, -0.15) is 0 Å². The number of nitrogens with one attached hydrogen (secondary N) is 1. The van der Waals surface area contributed by atoms with Crippen molar-refractivity contribution in [2.75, 3.05) is 13.6 Å². The fourth-order valence-electron chi connectivity index (χ4n) is 3.72. The van der Waals surface area contributed by atoms with E-state index in [0.29, 0.717) is 6.04 Å². The first-order valence-electron chi connectivity index (χ1n) is 9.36. The topological polar surface area (TPSA) is 24.7 Å². The summed E-state index contributed by atoms with van der Waals surface area (Å²) in [5.41, 5.74) is 0.392. The smallest absolute Gasteiger partial charge is 0.177 e. The Bertz CT molecular complexity index is 669. The van der Waals surface area contributed by atoms with Crippen molar-refractivity contribution in [3.63, 3.8) is 0 Å². The van der Waals surface area contributed by atoms with Gasteiger partial charge in [-0.1, -0.05) is 73.0 Å². The van der Waals surface area contributed by atoms with Crippen molar-refractivity contribution in [1.29, 1.82) is 0 Å². The zero-order chi connectivity index (χ0) is 17.5. The number of hydrogen-bond acceptors (Lipinski definition) is 1. The fourth-order valence-corrected chi connectivity index (χ4v) is 3.72. The van der Waals surface area contributed by atoms with Gasteiger partial charge in [0, 0.05) is 11.1 Å². The predicted octanol–water partition coefficient (Wildman–Crippen LogP) is 2.77. The van der Waals surface area contributed by atoms with Gasteiger partial charge in [-0.25, -0.2) is 0 Å². The van der Waals surface area contributed by atoms with Crippen molar-refractivity contribution in [1.82, 2.24) is 0 Å². The lowest BCUT2D eigenvalue weighted by molar-refractivity contribution is -0.900. The first-order chi connectivity index (χ1) is 12.2. The lowest BCUT2D eigenvalue weighted by Crippen LogP contribution is -3.13. The van der Waals surface area contributed by atoms with E-state index in [1.807, 2.05) is 60.7 Å². The highest BCUT2D eigenvalue weighted by molar-refractivity contribution is 5.44. The van der Waals surface area contributed by atoms with Gasteiger partial charge in [0.2, 0.25) is 0 Å². The van der Waals surface area contributed by atoms with Crippen LogP contribution < -0.4 is 4.90 Å². The number of rotatable bonds is 4. The molecular formula is C23H28NO+. The van der Waals surface area contributed by atoms with E-state index in [-0.39, 0.29) is 0 Å². The van der Waals surface area contributed by atoms with Crippen molar-refractivity contribution >= 4 is 0 Å². The Morgan fingerprint density at radius 2 is 1.44 bits per heavy atom. The van der Waals surface area contributed by atoms with E-state index < -0.39 is 5.60 Å². The second kappa shape index (κ2) is 8.34. The van der Waals surface area contributed by atoms with Crippen LogP contribution in [0.25, 0.3) is 0 Å². The zero-order valence-electron chi connectivity index (χ0n) is 15.0. The molecule has 1 unspecified atom stereocenters. The molecule has 1 fully saturated rings. The highest BCUT2D eigenvalue weighted by Gasteiger charge is 2.29. The van der Waals surface area contributed by atoms with Crippen LogP contribution in [0.1, 0.15) is 43.2 Å². The van der Waals surface area contributed by atoms with Crippen LogP contribution in [0, 0.1) is 11.8 Å². The molecule has 1 aliphatic carbocycles. The van der Waals surface area contributed by atoms with Gasteiger partial charge in [0.1, 0.15) is 6.54 Å². The van der Waals surface area contributed by atoms with Crippen LogP contribution in [0.15, 0.2) is 60.7 Å². The molecule has 0 bridgehead atoms. The first kappa shape index (κ1) is 17.7. The van der Waals surface area contributed by atoms with Crippen LogP contribution in [0.4, 0.5) is 0 Å². The van der Waals surface area contributed by atoms with E-state index in [0.717, 1.165) is 17.7 Å². The summed E-state index contributed by atoms with van der Waals surface area (Å²) < 4.78 is 0. The minimum absolute atomic E-state index is 0.713. The predicted molar refractivity (Wildman–Crippen MR) is 102 cm³/mol. The van der Waals surface area contributed by atoms with Crippen LogP contribution in [0.2, 0.25) is 0 Å². The minimum Gasteiger partial charge on any atom is -0.369 e. The summed E-state index contributed by atoms with van der Waals surface area (Å²) in [5, 5.41) is 11.4. The Labute approximate surface area is 151 Å². The van der Waals surface area contributed by atoms with Crippen LogP contribution >= 0.6 is 0 Å². The maximum absolute atomic E-state index is 11.4. The van der Waals surface area contributed by atoms with Gasteiger partial charge in [-0.3, -0.25) is 0 Å². The molecule has 2 nitrogen and oxygen atoms in total. The first-order valence-corrected chi connectivity index (χ1v) is 9.36. The highest BCUT2D eigenvalue weighted by atomic mass is 16.3. The molecule has 130 valence electrons. The van der Waals surface area contributed by atoms with E-state index in [1.54, 1.807) is 0 Å². The average molecular weight is 334 g/mol. The lowest BCUT2D eigenvalue weighted by atomic mass is 9.87. The van der Waals surface area contributed by atoms with Gasteiger partial charge in [0.25, 0.3) is 0 Å². The van der Waals surface area contributed by atoms with Gasteiger partial charge in [-0.05, 0) is 31.6 Å². The average Bonchev–Trinajstić information content (AvgIpc) is 2.70. The summed E-state index contributed by atoms with van der Waals surface area (Å²) in [7, 11) is 2.23. The van der Waals surface area contributed by atoms with Gasteiger partial charge in [-0.15, -0.1) is 0 Å². The Kier molecular flexibility index (Phi) is 5.91. The number of aliphatic hydroxyl groups is 1. The van der Waals surface area contributed by atoms with E-state index in [4.69, 9.17) is 0 Å². The lowest BCUT2D eigenvalue weighted by Gasteiger charge is -2.27. The molecule has 0 radical (unpaired) electrons. The fraction of sp³-hybridized carbons (Fsp3) is 0.391. The van der Waals surface area contributed by atoms with Crippen molar-refractivity contribution < 1.29 is 10.0 Å². The highest BCUT2D eigenvalue weighted by Crippen LogP contribution is 2.28. The molecule has 2 heteroatoms. The van der Waals surface area contributed by atoms with E-state index in [1.165, 1.54) is 37.0 Å². The molecule has 25 heavy (non-hydrogen) atoms. The van der Waals surface area contributed by atoms with E-state index >= 15 is 0 Å². The third kappa shape index (κ3) is 4.31. The summed E-state index contributed by atoms with van der Waals surface area (Å²) >= 11 is 0. The molecule has 0 saturated heterocycles. The monoisotopic (exact) mass is 334 g/mol. The quantitative estimate of drug-likeness (QED) is 0.826. The van der Waals surface area contributed by atoms with Gasteiger partial charge < -0.3 is 10.0 Å². The Balaban J connectivity index is 1.82. The molecule has 0 aromatic heterocycles. The molecule has 1 atom stereocenters. The van der Waals surface area contributed by atoms with Crippen LogP contribution in [0.5, 0.6) is 0 Å². The molecule has 1 saturated carbocycles. The molecule has 3 rings (SSSR count). The summed E-state index contributed by atoms with van der Waals surface area (Å²) in [5.74, 6) is 6.47.